The summed E-state index contributed by atoms with van der Waals surface area (Å²) in [7, 11) is 1.78. The van der Waals surface area contributed by atoms with Gasteiger partial charge in [0.05, 0.1) is 29.7 Å². The highest BCUT2D eigenvalue weighted by atomic mass is 16.4. The molecule has 0 aliphatic heterocycles. The number of hydrogen-bond acceptors (Lipinski definition) is 4. The number of hydrogen-bond donors (Lipinski definition) is 3. The van der Waals surface area contributed by atoms with E-state index in [-0.39, 0.29) is 12.1 Å². The first-order chi connectivity index (χ1) is 9.54. The smallest absolute Gasteiger partial charge is 0.337 e. The highest BCUT2D eigenvalue weighted by Gasteiger charge is 2.07. The highest BCUT2D eigenvalue weighted by molar-refractivity contribution is 5.92. The van der Waals surface area contributed by atoms with E-state index in [0.29, 0.717) is 5.69 Å². The Kier molecular flexibility index (Phi) is 3.94. The maximum atomic E-state index is 11.6. The number of aromatic carboxylic acids is 1. The van der Waals surface area contributed by atoms with Crippen molar-refractivity contribution in [1.82, 2.24) is 20.1 Å². The molecule has 0 aliphatic carbocycles. The van der Waals surface area contributed by atoms with E-state index >= 15 is 0 Å². The molecule has 2 amide bonds. The van der Waals surface area contributed by atoms with Crippen molar-refractivity contribution in [2.45, 2.75) is 6.54 Å². The number of nitrogens with zero attached hydrogens (tertiary/aromatic N) is 3. The van der Waals surface area contributed by atoms with Crippen molar-refractivity contribution >= 4 is 17.7 Å². The largest absolute Gasteiger partial charge is 0.478 e. The quantitative estimate of drug-likeness (QED) is 0.765. The molecule has 0 atom stereocenters. The summed E-state index contributed by atoms with van der Waals surface area (Å²) < 4.78 is 1.63. The van der Waals surface area contributed by atoms with Gasteiger partial charge in [0.25, 0.3) is 0 Å². The predicted octanol–water partition coefficient (Wildman–Crippen LogP) is 0.835. The SMILES string of the molecule is Cn1ccc(CNC(=O)Nc2cncc(C(=O)O)c2)n1. The number of amides is 2. The van der Waals surface area contributed by atoms with Gasteiger partial charge < -0.3 is 15.7 Å². The molecule has 0 unspecified atom stereocenters. The normalized spacial score (nSPS) is 10.1. The molecule has 8 heteroatoms. The fourth-order valence-corrected chi connectivity index (χ4v) is 1.53. The first kappa shape index (κ1) is 13.5. The van der Waals surface area contributed by atoms with Crippen LogP contribution in [0.1, 0.15) is 16.1 Å². The Morgan fingerprint density at radius 3 is 2.85 bits per heavy atom. The Balaban J connectivity index is 1.91. The van der Waals surface area contributed by atoms with Crippen molar-refractivity contribution in [1.29, 1.82) is 0 Å². The van der Waals surface area contributed by atoms with Gasteiger partial charge in [0.15, 0.2) is 0 Å². The van der Waals surface area contributed by atoms with Crippen LogP contribution in [0.4, 0.5) is 10.5 Å². The zero-order valence-corrected chi connectivity index (χ0v) is 10.7. The third kappa shape index (κ3) is 3.55. The molecule has 8 nitrogen and oxygen atoms in total. The first-order valence-corrected chi connectivity index (χ1v) is 5.76. The lowest BCUT2D eigenvalue weighted by Crippen LogP contribution is -2.28. The van der Waals surface area contributed by atoms with Gasteiger partial charge in [0.2, 0.25) is 0 Å². The molecule has 0 aliphatic rings. The summed E-state index contributed by atoms with van der Waals surface area (Å²) in [5.41, 5.74) is 1.04. The van der Waals surface area contributed by atoms with Gasteiger partial charge in [-0.25, -0.2) is 9.59 Å². The molecular formula is C12H13N5O3. The number of rotatable bonds is 4. The van der Waals surface area contributed by atoms with E-state index < -0.39 is 12.0 Å². The van der Waals surface area contributed by atoms with Crippen LogP contribution in [0.5, 0.6) is 0 Å². The van der Waals surface area contributed by atoms with Crippen LogP contribution >= 0.6 is 0 Å². The molecule has 0 saturated heterocycles. The van der Waals surface area contributed by atoms with Crippen molar-refractivity contribution in [2.75, 3.05) is 5.32 Å². The summed E-state index contributed by atoms with van der Waals surface area (Å²) in [4.78, 5) is 26.2. The van der Waals surface area contributed by atoms with Crippen LogP contribution < -0.4 is 10.6 Å². The van der Waals surface area contributed by atoms with Gasteiger partial charge >= 0.3 is 12.0 Å². The lowest BCUT2D eigenvalue weighted by molar-refractivity contribution is 0.0696. The number of carbonyl (C=O) groups is 2. The van der Waals surface area contributed by atoms with Gasteiger partial charge in [-0.2, -0.15) is 5.10 Å². The molecule has 0 bridgehead atoms. The van der Waals surface area contributed by atoms with E-state index in [0.717, 1.165) is 5.69 Å². The standard InChI is InChI=1S/C12H13N5O3/c1-17-3-2-9(16-17)7-14-12(20)15-10-4-8(11(18)19)5-13-6-10/h2-6H,7H2,1H3,(H,18,19)(H2,14,15,20). The van der Waals surface area contributed by atoms with E-state index in [9.17, 15) is 9.59 Å². The van der Waals surface area contributed by atoms with Crippen LogP contribution in [0.25, 0.3) is 0 Å². The molecule has 0 saturated carbocycles. The van der Waals surface area contributed by atoms with Gasteiger partial charge in [0, 0.05) is 19.4 Å². The maximum absolute atomic E-state index is 11.6. The fraction of sp³-hybridized carbons (Fsp3) is 0.167. The molecule has 2 aromatic rings. The van der Waals surface area contributed by atoms with Crippen LogP contribution in [0, 0.1) is 0 Å². The Labute approximate surface area is 114 Å². The molecule has 104 valence electrons. The summed E-state index contributed by atoms with van der Waals surface area (Å²) in [6.45, 7) is 0.277. The van der Waals surface area contributed by atoms with E-state index in [1.807, 2.05) is 0 Å². The number of aryl methyl sites for hydroxylation is 1. The van der Waals surface area contributed by atoms with Crippen LogP contribution in [0.3, 0.4) is 0 Å². The van der Waals surface area contributed by atoms with Crippen LogP contribution in [0.2, 0.25) is 0 Å². The monoisotopic (exact) mass is 275 g/mol. The van der Waals surface area contributed by atoms with E-state index in [4.69, 9.17) is 5.11 Å². The van der Waals surface area contributed by atoms with Gasteiger partial charge in [-0.05, 0) is 12.1 Å². The zero-order chi connectivity index (χ0) is 14.5. The number of pyridine rings is 1. The molecule has 20 heavy (non-hydrogen) atoms. The first-order valence-electron chi connectivity index (χ1n) is 5.76. The number of anilines is 1. The minimum Gasteiger partial charge on any atom is -0.478 e. The molecule has 0 fully saturated rings. The lowest BCUT2D eigenvalue weighted by atomic mass is 10.3. The van der Waals surface area contributed by atoms with Gasteiger partial charge in [-0.3, -0.25) is 9.67 Å². The minimum atomic E-state index is -1.10. The van der Waals surface area contributed by atoms with E-state index in [1.165, 1.54) is 18.5 Å². The Bertz CT molecular complexity index is 638. The number of carboxylic acid groups (broad SMARTS) is 1. The van der Waals surface area contributed by atoms with Gasteiger partial charge in [-0.15, -0.1) is 0 Å². The van der Waals surface area contributed by atoms with Gasteiger partial charge in [-0.1, -0.05) is 0 Å². The fourth-order valence-electron chi connectivity index (χ4n) is 1.53. The third-order valence-electron chi connectivity index (χ3n) is 2.44. The number of urea groups is 1. The second-order valence-electron chi connectivity index (χ2n) is 4.06. The minimum absolute atomic E-state index is 0.00697. The summed E-state index contributed by atoms with van der Waals surface area (Å²) in [6.07, 6.45) is 4.35. The van der Waals surface area contributed by atoms with Crippen molar-refractivity contribution in [3.05, 3.63) is 42.0 Å². The average Bonchev–Trinajstić information content (AvgIpc) is 2.82. The third-order valence-corrected chi connectivity index (χ3v) is 2.44. The molecule has 2 aromatic heterocycles. The lowest BCUT2D eigenvalue weighted by Gasteiger charge is -2.06. The Morgan fingerprint density at radius 2 is 2.20 bits per heavy atom. The summed E-state index contributed by atoms with van der Waals surface area (Å²) >= 11 is 0. The van der Waals surface area contributed by atoms with E-state index in [1.54, 1.807) is 24.0 Å². The molecule has 0 spiro atoms. The van der Waals surface area contributed by atoms with Crippen molar-refractivity contribution in [3.63, 3.8) is 0 Å². The molecular weight excluding hydrogens is 262 g/mol. The number of carbonyl (C=O) groups excluding carboxylic acids is 1. The number of carboxylic acids is 1. The summed E-state index contributed by atoms with van der Waals surface area (Å²) in [6, 6.07) is 2.66. The summed E-state index contributed by atoms with van der Waals surface area (Å²) in [5, 5.41) is 18.0. The molecule has 2 rings (SSSR count). The molecule has 0 aromatic carbocycles. The molecule has 3 N–H and O–H groups in total. The molecule has 0 radical (unpaired) electrons. The molecule has 2 heterocycles. The van der Waals surface area contributed by atoms with Crippen LogP contribution in [0.15, 0.2) is 30.7 Å². The highest BCUT2D eigenvalue weighted by Crippen LogP contribution is 2.08. The zero-order valence-electron chi connectivity index (χ0n) is 10.7. The number of aromatic nitrogens is 3. The van der Waals surface area contributed by atoms with Crippen molar-refractivity contribution in [2.24, 2.45) is 7.05 Å². The topological polar surface area (TPSA) is 109 Å². The van der Waals surface area contributed by atoms with Gasteiger partial charge in [0.1, 0.15) is 0 Å². The maximum Gasteiger partial charge on any atom is 0.337 e. The van der Waals surface area contributed by atoms with E-state index in [2.05, 4.69) is 20.7 Å². The Hall–Kier alpha value is -2.90. The predicted molar refractivity (Wildman–Crippen MR) is 70.3 cm³/mol. The van der Waals surface area contributed by atoms with Crippen molar-refractivity contribution < 1.29 is 14.7 Å². The average molecular weight is 275 g/mol. The second kappa shape index (κ2) is 5.83. The second-order valence-corrected chi connectivity index (χ2v) is 4.06. The number of nitrogens with one attached hydrogen (secondary N) is 2. The van der Waals surface area contributed by atoms with Crippen LogP contribution in [-0.4, -0.2) is 31.9 Å². The summed E-state index contributed by atoms with van der Waals surface area (Å²) in [5.74, 6) is -1.10. The Morgan fingerprint density at radius 1 is 1.40 bits per heavy atom. The van der Waals surface area contributed by atoms with Crippen molar-refractivity contribution in [3.8, 4) is 0 Å². The van der Waals surface area contributed by atoms with Crippen LogP contribution in [-0.2, 0) is 13.6 Å².